The maximum atomic E-state index is 12.8. The number of benzene rings is 1. The Hall–Kier alpha value is -1.63. The summed E-state index contributed by atoms with van der Waals surface area (Å²) in [6, 6.07) is 8.26. The Labute approximate surface area is 162 Å². The van der Waals surface area contributed by atoms with Crippen molar-refractivity contribution in [1.29, 1.82) is 0 Å². The van der Waals surface area contributed by atoms with Crippen LogP contribution in [0.1, 0.15) is 18.4 Å². The zero-order chi connectivity index (χ0) is 18.8. The minimum atomic E-state index is -0.236. The van der Waals surface area contributed by atoms with E-state index in [-0.39, 0.29) is 18.1 Å². The first-order valence-electron chi connectivity index (χ1n) is 10.1. The SMILES string of the molecule is COc1cccc(CN2CC[C@H]3C[C@H](C(=O)N4CCN(C)CC4)O[C@@H]3C2)c1. The molecule has 0 aliphatic carbocycles. The molecule has 0 saturated carbocycles. The molecule has 0 spiro atoms. The van der Waals surface area contributed by atoms with Gasteiger partial charge in [-0.3, -0.25) is 9.69 Å². The number of rotatable bonds is 4. The standard InChI is InChI=1S/C21H31N3O3/c1-22-8-10-24(11-9-22)21(25)19-13-17-6-7-23(15-20(17)27-19)14-16-4-3-5-18(12-16)26-2/h3-5,12,17,19-20H,6-11,13-15H2,1-2H3/t17-,19+,20+/m0/s1. The Morgan fingerprint density at radius 1 is 1.22 bits per heavy atom. The van der Waals surface area contributed by atoms with Gasteiger partial charge in [-0.25, -0.2) is 0 Å². The highest BCUT2D eigenvalue weighted by Gasteiger charge is 2.43. The van der Waals surface area contributed by atoms with Crippen molar-refractivity contribution in [1.82, 2.24) is 14.7 Å². The van der Waals surface area contributed by atoms with Crippen LogP contribution in [-0.2, 0) is 16.1 Å². The van der Waals surface area contributed by atoms with Gasteiger partial charge in [0.2, 0.25) is 0 Å². The van der Waals surface area contributed by atoms with Crippen LogP contribution in [0, 0.1) is 5.92 Å². The monoisotopic (exact) mass is 373 g/mol. The predicted molar refractivity (Wildman–Crippen MR) is 104 cm³/mol. The molecule has 0 unspecified atom stereocenters. The summed E-state index contributed by atoms with van der Waals surface area (Å²) in [6.07, 6.45) is 1.95. The van der Waals surface area contributed by atoms with E-state index >= 15 is 0 Å². The van der Waals surface area contributed by atoms with Gasteiger partial charge < -0.3 is 19.3 Å². The van der Waals surface area contributed by atoms with Gasteiger partial charge in [0.1, 0.15) is 11.9 Å². The van der Waals surface area contributed by atoms with Crippen molar-refractivity contribution < 1.29 is 14.3 Å². The molecule has 3 saturated heterocycles. The van der Waals surface area contributed by atoms with Gasteiger partial charge in [-0.1, -0.05) is 12.1 Å². The maximum Gasteiger partial charge on any atom is 0.251 e. The molecular formula is C21H31N3O3. The molecule has 1 amide bonds. The van der Waals surface area contributed by atoms with Gasteiger partial charge in [0.25, 0.3) is 5.91 Å². The molecular weight excluding hydrogens is 342 g/mol. The van der Waals surface area contributed by atoms with Crippen molar-refractivity contribution in [3.05, 3.63) is 29.8 Å². The Balaban J connectivity index is 1.32. The van der Waals surface area contributed by atoms with Crippen LogP contribution in [0.3, 0.4) is 0 Å². The Morgan fingerprint density at radius 2 is 2.04 bits per heavy atom. The molecule has 0 aromatic heterocycles. The molecule has 0 radical (unpaired) electrons. The lowest BCUT2D eigenvalue weighted by molar-refractivity contribution is -0.145. The topological polar surface area (TPSA) is 45.2 Å². The van der Waals surface area contributed by atoms with Crippen LogP contribution in [0.15, 0.2) is 24.3 Å². The average Bonchev–Trinajstić information content (AvgIpc) is 3.11. The molecule has 3 aliphatic rings. The zero-order valence-corrected chi connectivity index (χ0v) is 16.5. The summed E-state index contributed by atoms with van der Waals surface area (Å²) in [7, 11) is 3.81. The van der Waals surface area contributed by atoms with E-state index in [9.17, 15) is 4.79 Å². The molecule has 6 nitrogen and oxygen atoms in total. The Kier molecular flexibility index (Phi) is 5.66. The van der Waals surface area contributed by atoms with Crippen LogP contribution in [0.5, 0.6) is 5.75 Å². The third-order valence-corrected chi connectivity index (χ3v) is 6.27. The number of likely N-dealkylation sites (tertiary alicyclic amines) is 1. The fourth-order valence-corrected chi connectivity index (χ4v) is 4.56. The molecule has 3 fully saturated rings. The van der Waals surface area contributed by atoms with Crippen molar-refractivity contribution in [3.63, 3.8) is 0 Å². The first-order valence-corrected chi connectivity index (χ1v) is 10.1. The highest BCUT2D eigenvalue weighted by Crippen LogP contribution is 2.34. The second-order valence-electron chi connectivity index (χ2n) is 8.16. The quantitative estimate of drug-likeness (QED) is 0.799. The number of hydrogen-bond donors (Lipinski definition) is 0. The number of piperidine rings is 1. The van der Waals surface area contributed by atoms with E-state index in [4.69, 9.17) is 9.47 Å². The number of fused-ring (bicyclic) bond motifs is 1. The average molecular weight is 373 g/mol. The number of amides is 1. The smallest absolute Gasteiger partial charge is 0.251 e. The number of carbonyl (C=O) groups is 1. The first kappa shape index (κ1) is 18.7. The van der Waals surface area contributed by atoms with E-state index in [0.29, 0.717) is 5.92 Å². The van der Waals surface area contributed by atoms with Gasteiger partial charge in [-0.05, 0) is 50.0 Å². The van der Waals surface area contributed by atoms with Crippen molar-refractivity contribution in [2.45, 2.75) is 31.6 Å². The molecule has 4 rings (SSSR count). The summed E-state index contributed by atoms with van der Waals surface area (Å²) < 4.78 is 11.6. The van der Waals surface area contributed by atoms with Crippen molar-refractivity contribution >= 4 is 5.91 Å². The van der Waals surface area contributed by atoms with Gasteiger partial charge in [-0.2, -0.15) is 0 Å². The minimum absolute atomic E-state index is 0.186. The summed E-state index contributed by atoms with van der Waals surface area (Å²) in [5, 5.41) is 0. The molecule has 3 heterocycles. The van der Waals surface area contributed by atoms with Crippen LogP contribution in [0.4, 0.5) is 0 Å². The van der Waals surface area contributed by atoms with Crippen molar-refractivity contribution in [2.24, 2.45) is 5.92 Å². The number of carbonyl (C=O) groups excluding carboxylic acids is 1. The molecule has 27 heavy (non-hydrogen) atoms. The van der Waals surface area contributed by atoms with E-state index in [1.54, 1.807) is 7.11 Å². The summed E-state index contributed by atoms with van der Waals surface area (Å²) in [5.74, 6) is 1.63. The van der Waals surface area contributed by atoms with E-state index in [1.807, 2.05) is 17.0 Å². The van der Waals surface area contributed by atoms with E-state index in [2.05, 4.69) is 29.0 Å². The Bertz CT molecular complexity index is 660. The second-order valence-corrected chi connectivity index (χ2v) is 8.16. The van der Waals surface area contributed by atoms with Gasteiger partial charge in [0, 0.05) is 39.3 Å². The zero-order valence-electron chi connectivity index (χ0n) is 16.5. The van der Waals surface area contributed by atoms with Gasteiger partial charge in [-0.15, -0.1) is 0 Å². The number of nitrogens with zero attached hydrogens (tertiary/aromatic N) is 3. The van der Waals surface area contributed by atoms with Crippen molar-refractivity contribution in [3.8, 4) is 5.75 Å². The van der Waals surface area contributed by atoms with Crippen LogP contribution in [0.2, 0.25) is 0 Å². The van der Waals surface area contributed by atoms with E-state index in [1.165, 1.54) is 5.56 Å². The molecule has 3 aliphatic heterocycles. The third-order valence-electron chi connectivity index (χ3n) is 6.27. The van der Waals surface area contributed by atoms with Gasteiger partial charge in [0.15, 0.2) is 0 Å². The highest BCUT2D eigenvalue weighted by atomic mass is 16.5. The van der Waals surface area contributed by atoms with E-state index in [0.717, 1.165) is 64.4 Å². The fourth-order valence-electron chi connectivity index (χ4n) is 4.56. The summed E-state index contributed by atoms with van der Waals surface area (Å²) in [5.41, 5.74) is 1.26. The van der Waals surface area contributed by atoms with E-state index < -0.39 is 0 Å². The number of ether oxygens (including phenoxy) is 2. The lowest BCUT2D eigenvalue weighted by Gasteiger charge is -2.34. The lowest BCUT2D eigenvalue weighted by atomic mass is 9.91. The molecule has 0 N–H and O–H groups in total. The second kappa shape index (κ2) is 8.17. The number of hydrogen-bond acceptors (Lipinski definition) is 5. The molecule has 3 atom stereocenters. The summed E-state index contributed by atoms with van der Waals surface area (Å²) >= 11 is 0. The highest BCUT2D eigenvalue weighted by molar-refractivity contribution is 5.81. The van der Waals surface area contributed by atoms with Crippen molar-refractivity contribution in [2.75, 3.05) is 53.4 Å². The molecule has 1 aromatic carbocycles. The summed E-state index contributed by atoms with van der Waals surface area (Å²) in [6.45, 7) is 6.45. The predicted octanol–water partition coefficient (Wildman–Crippen LogP) is 1.45. The van der Waals surface area contributed by atoms with Gasteiger partial charge >= 0.3 is 0 Å². The number of piperazine rings is 1. The first-order chi connectivity index (χ1) is 13.1. The number of likely N-dealkylation sites (N-methyl/N-ethyl adjacent to an activating group) is 1. The minimum Gasteiger partial charge on any atom is -0.497 e. The fraction of sp³-hybridized carbons (Fsp3) is 0.667. The van der Waals surface area contributed by atoms with Crippen LogP contribution < -0.4 is 4.74 Å². The molecule has 0 bridgehead atoms. The maximum absolute atomic E-state index is 12.8. The largest absolute Gasteiger partial charge is 0.497 e. The Morgan fingerprint density at radius 3 is 2.81 bits per heavy atom. The molecule has 1 aromatic rings. The normalized spacial score (nSPS) is 29.6. The third kappa shape index (κ3) is 4.28. The number of methoxy groups -OCH3 is 1. The molecule has 148 valence electrons. The lowest BCUT2D eigenvalue weighted by Crippen LogP contribution is -2.50. The van der Waals surface area contributed by atoms with Crippen LogP contribution in [0.25, 0.3) is 0 Å². The van der Waals surface area contributed by atoms with Crippen LogP contribution in [-0.4, -0.2) is 86.2 Å². The molecule has 6 heteroatoms. The van der Waals surface area contributed by atoms with Gasteiger partial charge in [0.05, 0.1) is 13.2 Å². The summed E-state index contributed by atoms with van der Waals surface area (Å²) in [4.78, 5) is 19.6. The van der Waals surface area contributed by atoms with Crippen LogP contribution >= 0.6 is 0 Å².